The average Bonchev–Trinajstić information content (AvgIpc) is 2.47. The molecule has 1 amide bonds. The van der Waals surface area contributed by atoms with Crippen molar-refractivity contribution in [2.75, 3.05) is 11.9 Å². The van der Waals surface area contributed by atoms with Crippen molar-refractivity contribution in [3.8, 4) is 11.8 Å². The van der Waals surface area contributed by atoms with Crippen LogP contribution in [0.4, 0.5) is 5.69 Å². The predicted molar refractivity (Wildman–Crippen MR) is 82.6 cm³/mol. The van der Waals surface area contributed by atoms with Gasteiger partial charge in [0, 0.05) is 16.5 Å². The maximum Gasteiger partial charge on any atom is 0.227 e. The van der Waals surface area contributed by atoms with Crippen molar-refractivity contribution < 1.29 is 4.79 Å². The summed E-state index contributed by atoms with van der Waals surface area (Å²) < 4.78 is 0. The van der Waals surface area contributed by atoms with Gasteiger partial charge in [0.1, 0.15) is 0 Å². The Bertz CT molecular complexity index is 539. The van der Waals surface area contributed by atoms with E-state index >= 15 is 0 Å². The van der Waals surface area contributed by atoms with Crippen molar-refractivity contribution in [3.05, 3.63) is 28.8 Å². The van der Waals surface area contributed by atoms with E-state index in [1.54, 1.807) is 12.1 Å². The number of carbonyl (C=O) groups is 1. The summed E-state index contributed by atoms with van der Waals surface area (Å²) in [5, 5.41) is 3.55. The summed E-state index contributed by atoms with van der Waals surface area (Å²) in [7, 11) is 0. The van der Waals surface area contributed by atoms with Crippen LogP contribution >= 0.6 is 11.6 Å². The first-order valence-corrected chi connectivity index (χ1v) is 7.38. The minimum atomic E-state index is 0.0720. The van der Waals surface area contributed by atoms with Crippen LogP contribution < -0.4 is 11.1 Å². The normalized spacial score (nSPS) is 15.3. The second-order valence-corrected chi connectivity index (χ2v) is 5.46. The molecule has 4 heteroatoms. The molecule has 0 aromatic heterocycles. The zero-order valence-electron chi connectivity index (χ0n) is 11.4. The number of benzene rings is 1. The maximum atomic E-state index is 12.3. The zero-order chi connectivity index (χ0) is 14.4. The molecule has 0 atom stereocenters. The van der Waals surface area contributed by atoms with Gasteiger partial charge in [0.2, 0.25) is 5.91 Å². The third-order valence-electron chi connectivity index (χ3n) is 3.54. The molecule has 0 unspecified atom stereocenters. The van der Waals surface area contributed by atoms with E-state index in [9.17, 15) is 4.79 Å². The summed E-state index contributed by atoms with van der Waals surface area (Å²) in [5.41, 5.74) is 6.82. The van der Waals surface area contributed by atoms with Crippen LogP contribution in [-0.4, -0.2) is 12.5 Å². The number of rotatable bonds is 2. The first kappa shape index (κ1) is 14.9. The SMILES string of the molecule is NCC#Cc1ccc(Cl)cc1NC(=O)C1CCCCC1. The third-order valence-corrected chi connectivity index (χ3v) is 3.78. The van der Waals surface area contributed by atoms with Gasteiger partial charge in [-0.1, -0.05) is 42.7 Å². The van der Waals surface area contributed by atoms with E-state index in [1.807, 2.05) is 6.07 Å². The molecule has 3 nitrogen and oxygen atoms in total. The predicted octanol–water partition coefficient (Wildman–Crippen LogP) is 3.17. The van der Waals surface area contributed by atoms with Crippen LogP contribution in [0.3, 0.4) is 0 Å². The van der Waals surface area contributed by atoms with Gasteiger partial charge in [0.05, 0.1) is 12.2 Å². The van der Waals surface area contributed by atoms with E-state index in [2.05, 4.69) is 17.2 Å². The fourth-order valence-corrected chi connectivity index (χ4v) is 2.65. The minimum absolute atomic E-state index is 0.0720. The highest BCUT2D eigenvalue weighted by Crippen LogP contribution is 2.26. The maximum absolute atomic E-state index is 12.3. The van der Waals surface area contributed by atoms with Gasteiger partial charge in [-0.3, -0.25) is 4.79 Å². The van der Waals surface area contributed by atoms with E-state index in [0.29, 0.717) is 17.3 Å². The molecule has 1 saturated carbocycles. The van der Waals surface area contributed by atoms with Crippen molar-refractivity contribution in [3.63, 3.8) is 0 Å². The standard InChI is InChI=1S/C16H19ClN2O/c17-14-9-8-12(7-4-10-18)15(11-14)19-16(20)13-5-2-1-3-6-13/h8-9,11,13H,1-3,5-6,10,18H2,(H,19,20). The molecular formula is C16H19ClN2O. The molecule has 0 radical (unpaired) electrons. The van der Waals surface area contributed by atoms with Gasteiger partial charge in [-0.05, 0) is 31.0 Å². The van der Waals surface area contributed by atoms with Crippen LogP contribution in [0.2, 0.25) is 5.02 Å². The van der Waals surface area contributed by atoms with E-state index in [4.69, 9.17) is 17.3 Å². The summed E-state index contributed by atoms with van der Waals surface area (Å²) >= 11 is 6.00. The van der Waals surface area contributed by atoms with E-state index in [1.165, 1.54) is 6.42 Å². The van der Waals surface area contributed by atoms with Crippen LogP contribution in [0.15, 0.2) is 18.2 Å². The summed E-state index contributed by atoms with van der Waals surface area (Å²) in [6.45, 7) is 0.290. The summed E-state index contributed by atoms with van der Waals surface area (Å²) in [4.78, 5) is 12.3. The number of nitrogens with one attached hydrogen (secondary N) is 1. The molecule has 0 heterocycles. The largest absolute Gasteiger partial charge is 0.325 e. The van der Waals surface area contributed by atoms with Crippen molar-refractivity contribution in [1.82, 2.24) is 0 Å². The van der Waals surface area contributed by atoms with Gasteiger partial charge in [-0.15, -0.1) is 0 Å². The van der Waals surface area contributed by atoms with Gasteiger partial charge in [-0.25, -0.2) is 0 Å². The van der Waals surface area contributed by atoms with Gasteiger partial charge >= 0.3 is 0 Å². The van der Waals surface area contributed by atoms with Gasteiger partial charge < -0.3 is 11.1 Å². The molecule has 0 aliphatic heterocycles. The summed E-state index contributed by atoms with van der Waals surface area (Å²) in [6.07, 6.45) is 5.43. The Labute approximate surface area is 124 Å². The first-order chi connectivity index (χ1) is 9.70. The lowest BCUT2D eigenvalue weighted by Crippen LogP contribution is -2.25. The van der Waals surface area contributed by atoms with Gasteiger partial charge in [0.25, 0.3) is 0 Å². The molecule has 1 aliphatic carbocycles. The van der Waals surface area contributed by atoms with E-state index < -0.39 is 0 Å². The lowest BCUT2D eigenvalue weighted by molar-refractivity contribution is -0.120. The Morgan fingerprint density at radius 2 is 2.10 bits per heavy atom. The molecule has 0 spiro atoms. The molecule has 1 aromatic carbocycles. The molecule has 0 saturated heterocycles. The van der Waals surface area contributed by atoms with Gasteiger partial charge in [0.15, 0.2) is 0 Å². The van der Waals surface area contributed by atoms with Crippen molar-refractivity contribution in [2.24, 2.45) is 11.7 Å². The van der Waals surface area contributed by atoms with E-state index in [0.717, 1.165) is 31.2 Å². The van der Waals surface area contributed by atoms with Crippen molar-refractivity contribution in [1.29, 1.82) is 0 Å². The number of amides is 1. The second-order valence-electron chi connectivity index (χ2n) is 5.02. The van der Waals surface area contributed by atoms with Crippen LogP contribution in [0, 0.1) is 17.8 Å². The van der Waals surface area contributed by atoms with Crippen LogP contribution in [-0.2, 0) is 4.79 Å². The second kappa shape index (κ2) is 7.33. The highest BCUT2D eigenvalue weighted by Gasteiger charge is 2.21. The number of nitrogens with two attached hydrogens (primary N) is 1. The van der Waals surface area contributed by atoms with Crippen LogP contribution in [0.1, 0.15) is 37.7 Å². The molecule has 20 heavy (non-hydrogen) atoms. The number of anilines is 1. The smallest absolute Gasteiger partial charge is 0.227 e. The molecule has 3 N–H and O–H groups in total. The zero-order valence-corrected chi connectivity index (χ0v) is 12.2. The third kappa shape index (κ3) is 4.00. The molecule has 106 valence electrons. The first-order valence-electron chi connectivity index (χ1n) is 7.00. The Kier molecular flexibility index (Phi) is 5.46. The van der Waals surface area contributed by atoms with Crippen molar-refractivity contribution >= 4 is 23.2 Å². The van der Waals surface area contributed by atoms with Crippen molar-refractivity contribution in [2.45, 2.75) is 32.1 Å². The van der Waals surface area contributed by atoms with E-state index in [-0.39, 0.29) is 11.8 Å². The molecule has 0 bridgehead atoms. The minimum Gasteiger partial charge on any atom is -0.325 e. The molecule has 1 fully saturated rings. The topological polar surface area (TPSA) is 55.1 Å². The summed E-state index contributed by atoms with van der Waals surface area (Å²) in [6, 6.07) is 5.31. The molecule has 2 rings (SSSR count). The molecule has 1 aliphatic rings. The molecule has 1 aromatic rings. The monoisotopic (exact) mass is 290 g/mol. The Balaban J connectivity index is 2.14. The Morgan fingerprint density at radius 3 is 2.80 bits per heavy atom. The fourth-order valence-electron chi connectivity index (χ4n) is 2.47. The fraction of sp³-hybridized carbons (Fsp3) is 0.438. The highest BCUT2D eigenvalue weighted by molar-refractivity contribution is 6.31. The molecular weight excluding hydrogens is 272 g/mol. The summed E-state index contributed by atoms with van der Waals surface area (Å²) in [5.74, 6) is 5.94. The average molecular weight is 291 g/mol. The number of carbonyl (C=O) groups excluding carboxylic acids is 1. The highest BCUT2D eigenvalue weighted by atomic mass is 35.5. The number of hydrogen-bond donors (Lipinski definition) is 2. The number of halogens is 1. The van der Waals surface area contributed by atoms with Crippen LogP contribution in [0.5, 0.6) is 0 Å². The van der Waals surface area contributed by atoms with Gasteiger partial charge in [-0.2, -0.15) is 0 Å². The Morgan fingerprint density at radius 1 is 1.35 bits per heavy atom. The quantitative estimate of drug-likeness (QED) is 0.822. The Hall–Kier alpha value is -1.50. The lowest BCUT2D eigenvalue weighted by atomic mass is 9.88. The lowest BCUT2D eigenvalue weighted by Gasteiger charge is -2.21. The number of hydrogen-bond acceptors (Lipinski definition) is 2. The van der Waals surface area contributed by atoms with Crippen LogP contribution in [0.25, 0.3) is 0 Å².